The van der Waals surface area contributed by atoms with E-state index >= 15 is 0 Å². The zero-order valence-corrected chi connectivity index (χ0v) is 18.2. The Morgan fingerprint density at radius 1 is 1.32 bits per heavy atom. The lowest BCUT2D eigenvalue weighted by Crippen LogP contribution is -2.52. The average molecular weight is 478 g/mol. The van der Waals surface area contributed by atoms with Gasteiger partial charge in [0.05, 0.1) is 6.10 Å². The maximum absolute atomic E-state index is 9.99. The fraction of sp³-hybridized carbons (Fsp3) is 0.722. The molecule has 2 heterocycles. The van der Waals surface area contributed by atoms with Crippen molar-refractivity contribution < 1.29 is 5.11 Å². The monoisotopic (exact) mass is 478 g/mol. The maximum atomic E-state index is 9.99. The summed E-state index contributed by atoms with van der Waals surface area (Å²) < 4.78 is 0. The van der Waals surface area contributed by atoms with Gasteiger partial charge in [0, 0.05) is 56.6 Å². The van der Waals surface area contributed by atoms with E-state index in [9.17, 15) is 5.11 Å². The van der Waals surface area contributed by atoms with Gasteiger partial charge >= 0.3 is 0 Å². The molecule has 1 aromatic rings. The van der Waals surface area contributed by atoms with E-state index in [4.69, 9.17) is 4.99 Å². The molecule has 2 unspecified atom stereocenters. The molecule has 2 atom stereocenters. The molecule has 1 aliphatic carbocycles. The highest BCUT2D eigenvalue weighted by molar-refractivity contribution is 14.0. The summed E-state index contributed by atoms with van der Waals surface area (Å²) in [5.74, 6) is 1.37. The number of halogens is 1. The Morgan fingerprint density at radius 3 is 2.72 bits per heavy atom. The molecule has 0 aromatic carbocycles. The number of thiophene rings is 1. The summed E-state index contributed by atoms with van der Waals surface area (Å²) in [6.07, 6.45) is 3.04. The fourth-order valence-electron chi connectivity index (χ4n) is 3.60. The first-order valence-electron chi connectivity index (χ1n) is 9.22. The van der Waals surface area contributed by atoms with Crippen LogP contribution in [-0.4, -0.2) is 66.2 Å². The second kappa shape index (κ2) is 10.7. The predicted octanol–water partition coefficient (Wildman–Crippen LogP) is 2.61. The third kappa shape index (κ3) is 6.08. The molecule has 2 aliphatic rings. The third-order valence-corrected chi connectivity index (χ3v) is 5.92. The summed E-state index contributed by atoms with van der Waals surface area (Å²) >= 11 is 1.84. The van der Waals surface area contributed by atoms with Gasteiger partial charge in [0.25, 0.3) is 0 Å². The van der Waals surface area contributed by atoms with Crippen molar-refractivity contribution in [3.63, 3.8) is 0 Å². The van der Waals surface area contributed by atoms with Crippen LogP contribution in [0.2, 0.25) is 0 Å². The summed E-state index contributed by atoms with van der Waals surface area (Å²) in [6, 6.07) is 4.35. The number of hydrogen-bond acceptors (Lipinski definition) is 4. The molecule has 25 heavy (non-hydrogen) atoms. The fourth-order valence-corrected chi connectivity index (χ4v) is 4.35. The first-order chi connectivity index (χ1) is 11.8. The molecule has 0 radical (unpaired) electrons. The number of guanidine groups is 1. The van der Waals surface area contributed by atoms with Gasteiger partial charge in [-0.3, -0.25) is 9.89 Å². The number of piperazine rings is 1. The van der Waals surface area contributed by atoms with E-state index in [1.54, 1.807) is 0 Å². The number of nitrogens with zero attached hydrogens (tertiary/aromatic N) is 3. The van der Waals surface area contributed by atoms with Crippen LogP contribution in [-0.2, 0) is 6.54 Å². The second-order valence-electron chi connectivity index (χ2n) is 6.80. The van der Waals surface area contributed by atoms with Crippen molar-refractivity contribution in [3.05, 3.63) is 22.4 Å². The molecule has 5 nitrogen and oxygen atoms in total. The van der Waals surface area contributed by atoms with E-state index in [1.165, 1.54) is 4.88 Å². The van der Waals surface area contributed by atoms with Crippen molar-refractivity contribution in [2.75, 3.05) is 39.3 Å². The van der Waals surface area contributed by atoms with Crippen molar-refractivity contribution in [1.82, 2.24) is 15.1 Å². The van der Waals surface area contributed by atoms with Gasteiger partial charge in [-0.25, -0.2) is 0 Å². The number of aliphatic hydroxyl groups excluding tert-OH is 1. The molecule has 142 valence electrons. The molecule has 2 fully saturated rings. The Labute approximate surface area is 172 Å². The van der Waals surface area contributed by atoms with Crippen molar-refractivity contribution in [1.29, 1.82) is 0 Å². The van der Waals surface area contributed by atoms with E-state index in [-0.39, 0.29) is 30.1 Å². The summed E-state index contributed by atoms with van der Waals surface area (Å²) in [6.45, 7) is 9.01. The Morgan fingerprint density at radius 2 is 2.12 bits per heavy atom. The second-order valence-corrected chi connectivity index (χ2v) is 7.83. The highest BCUT2D eigenvalue weighted by Gasteiger charge is 2.26. The van der Waals surface area contributed by atoms with Crippen molar-refractivity contribution in [2.24, 2.45) is 10.9 Å². The zero-order valence-electron chi connectivity index (χ0n) is 15.1. The first-order valence-corrected chi connectivity index (χ1v) is 10.1. The number of nitrogens with one attached hydrogen (secondary N) is 1. The number of rotatable bonds is 5. The van der Waals surface area contributed by atoms with Crippen LogP contribution in [0.25, 0.3) is 0 Å². The lowest BCUT2D eigenvalue weighted by molar-refractivity contribution is 0.136. The first kappa shape index (κ1) is 20.9. The summed E-state index contributed by atoms with van der Waals surface area (Å²) in [5, 5.41) is 15.6. The standard InChI is InChI=1S/C18H30N4OS.HI/c1-2-19-18(20-13-15-5-3-7-17(15)23)22-10-8-21(9-11-22)14-16-6-4-12-24-16;/h4,6,12,15,17,23H,2-3,5,7-11,13-14H2,1H3,(H,19,20);1H. The van der Waals surface area contributed by atoms with Gasteiger partial charge in [-0.05, 0) is 31.2 Å². The predicted molar refractivity (Wildman–Crippen MR) is 116 cm³/mol. The minimum absolute atomic E-state index is 0. The summed E-state index contributed by atoms with van der Waals surface area (Å²) in [7, 11) is 0. The Kier molecular flexibility index (Phi) is 8.95. The molecule has 2 N–H and O–H groups in total. The van der Waals surface area contributed by atoms with Crippen LogP contribution < -0.4 is 5.32 Å². The highest BCUT2D eigenvalue weighted by Crippen LogP contribution is 2.25. The molecule has 1 aromatic heterocycles. The Hall–Kier alpha value is -0.380. The van der Waals surface area contributed by atoms with Gasteiger partial charge in [-0.1, -0.05) is 12.5 Å². The Bertz CT molecular complexity index is 517. The van der Waals surface area contributed by atoms with Gasteiger partial charge in [0.15, 0.2) is 5.96 Å². The molecule has 0 amide bonds. The molecule has 1 aliphatic heterocycles. The number of hydrogen-bond donors (Lipinski definition) is 2. The van der Waals surface area contributed by atoms with E-state index in [0.717, 1.165) is 71.0 Å². The van der Waals surface area contributed by atoms with E-state index < -0.39 is 0 Å². The van der Waals surface area contributed by atoms with Gasteiger partial charge in [0.2, 0.25) is 0 Å². The SMILES string of the molecule is CCNC(=NCC1CCCC1O)N1CCN(Cc2cccs2)CC1.I. The van der Waals surface area contributed by atoms with Crippen LogP contribution in [0, 0.1) is 5.92 Å². The molecule has 0 spiro atoms. The molecule has 1 saturated carbocycles. The highest BCUT2D eigenvalue weighted by atomic mass is 127. The maximum Gasteiger partial charge on any atom is 0.194 e. The quantitative estimate of drug-likeness (QED) is 0.388. The van der Waals surface area contributed by atoms with Gasteiger partial charge in [-0.2, -0.15) is 0 Å². The van der Waals surface area contributed by atoms with Crippen molar-refractivity contribution >= 4 is 41.3 Å². The Balaban J connectivity index is 0.00000225. The number of aliphatic imine (C=N–C) groups is 1. The average Bonchev–Trinajstić information content (AvgIpc) is 3.24. The zero-order chi connectivity index (χ0) is 16.8. The van der Waals surface area contributed by atoms with Gasteiger partial charge < -0.3 is 15.3 Å². The largest absolute Gasteiger partial charge is 0.393 e. The lowest BCUT2D eigenvalue weighted by atomic mass is 10.1. The molecule has 7 heteroatoms. The topological polar surface area (TPSA) is 51.1 Å². The van der Waals surface area contributed by atoms with Crippen molar-refractivity contribution in [3.8, 4) is 0 Å². The summed E-state index contributed by atoms with van der Waals surface area (Å²) in [5.41, 5.74) is 0. The van der Waals surface area contributed by atoms with Crippen molar-refractivity contribution in [2.45, 2.75) is 38.8 Å². The van der Waals surface area contributed by atoms with Crippen LogP contribution in [0.15, 0.2) is 22.5 Å². The molecular formula is C18H31IN4OS. The van der Waals surface area contributed by atoms with Crippen LogP contribution >= 0.6 is 35.3 Å². The summed E-state index contributed by atoms with van der Waals surface area (Å²) in [4.78, 5) is 11.2. The molecular weight excluding hydrogens is 447 g/mol. The van der Waals surface area contributed by atoms with Crippen LogP contribution in [0.5, 0.6) is 0 Å². The smallest absolute Gasteiger partial charge is 0.194 e. The van der Waals surface area contributed by atoms with E-state index in [2.05, 4.69) is 39.6 Å². The third-order valence-electron chi connectivity index (χ3n) is 5.06. The van der Waals surface area contributed by atoms with Crippen LogP contribution in [0.1, 0.15) is 31.1 Å². The normalized spacial score (nSPS) is 25.0. The lowest BCUT2D eigenvalue weighted by Gasteiger charge is -2.36. The molecule has 0 bridgehead atoms. The van der Waals surface area contributed by atoms with Crippen LogP contribution in [0.4, 0.5) is 0 Å². The minimum atomic E-state index is -0.153. The van der Waals surface area contributed by atoms with E-state index in [1.807, 2.05) is 11.3 Å². The minimum Gasteiger partial charge on any atom is -0.393 e. The van der Waals surface area contributed by atoms with Gasteiger partial charge in [-0.15, -0.1) is 35.3 Å². The number of aliphatic hydroxyl groups is 1. The van der Waals surface area contributed by atoms with Gasteiger partial charge in [0.1, 0.15) is 0 Å². The molecule has 1 saturated heterocycles. The van der Waals surface area contributed by atoms with E-state index in [0.29, 0.717) is 5.92 Å². The molecule has 3 rings (SSSR count). The van der Waals surface area contributed by atoms with Crippen LogP contribution in [0.3, 0.4) is 0 Å².